The predicted octanol–water partition coefficient (Wildman–Crippen LogP) is 5.24. The maximum absolute atomic E-state index is 12.0. The maximum Gasteiger partial charge on any atom is 0.220 e. The Balaban J connectivity index is 2.15. The van der Waals surface area contributed by atoms with Gasteiger partial charge in [0.1, 0.15) is 0 Å². The molecule has 1 aromatic carbocycles. The van der Waals surface area contributed by atoms with E-state index in [9.17, 15) is 4.79 Å². The minimum absolute atomic E-state index is 0.104. The van der Waals surface area contributed by atoms with Crippen LogP contribution in [-0.2, 0) is 11.3 Å². The van der Waals surface area contributed by atoms with E-state index in [2.05, 4.69) is 12.2 Å². The maximum atomic E-state index is 12.0. The standard InChI is InChI=1S/C21H35NO3/c1-4-5-6-7-8-9-10-11-12-16-20(23)22-17-18-14-13-15-19(24-2)21(18)25-3/h13-15H,4-12,16-17H2,1-3H3,(H,22,23). The largest absolute Gasteiger partial charge is 0.493 e. The fourth-order valence-electron chi connectivity index (χ4n) is 2.97. The van der Waals surface area contributed by atoms with Crippen molar-refractivity contribution in [2.45, 2.75) is 77.7 Å². The normalized spacial score (nSPS) is 10.5. The van der Waals surface area contributed by atoms with E-state index in [0.29, 0.717) is 24.5 Å². The van der Waals surface area contributed by atoms with Crippen LogP contribution in [0.4, 0.5) is 0 Å². The third-order valence-electron chi connectivity index (χ3n) is 4.47. The SMILES string of the molecule is CCCCCCCCCCCC(=O)NCc1cccc(OC)c1OC. The number of para-hydroxylation sites is 1. The van der Waals surface area contributed by atoms with Crippen LogP contribution in [0.15, 0.2) is 18.2 Å². The molecule has 0 aliphatic heterocycles. The Hall–Kier alpha value is -1.71. The summed E-state index contributed by atoms with van der Waals surface area (Å²) in [6.45, 7) is 2.71. The van der Waals surface area contributed by atoms with Crippen LogP contribution in [0.1, 0.15) is 76.7 Å². The van der Waals surface area contributed by atoms with Crippen molar-refractivity contribution in [1.82, 2.24) is 5.32 Å². The number of rotatable bonds is 14. The van der Waals surface area contributed by atoms with Gasteiger partial charge in [0.25, 0.3) is 0 Å². The summed E-state index contributed by atoms with van der Waals surface area (Å²) < 4.78 is 10.7. The highest BCUT2D eigenvalue weighted by molar-refractivity contribution is 5.75. The molecule has 0 aromatic heterocycles. The van der Waals surface area contributed by atoms with Gasteiger partial charge in [-0.05, 0) is 12.5 Å². The van der Waals surface area contributed by atoms with Gasteiger partial charge < -0.3 is 14.8 Å². The molecule has 0 aliphatic carbocycles. The number of amides is 1. The molecule has 0 spiro atoms. The second-order valence-electron chi connectivity index (χ2n) is 6.51. The summed E-state index contributed by atoms with van der Waals surface area (Å²) in [5.41, 5.74) is 0.933. The van der Waals surface area contributed by atoms with E-state index in [1.165, 1.54) is 44.9 Å². The Bertz CT molecular complexity index is 488. The lowest BCUT2D eigenvalue weighted by molar-refractivity contribution is -0.121. The molecule has 142 valence electrons. The second kappa shape index (κ2) is 13.6. The summed E-state index contributed by atoms with van der Waals surface area (Å²) in [5, 5.41) is 2.98. The molecule has 0 radical (unpaired) electrons. The number of nitrogens with one attached hydrogen (secondary N) is 1. The van der Waals surface area contributed by atoms with Crippen molar-refractivity contribution >= 4 is 5.91 Å². The highest BCUT2D eigenvalue weighted by Crippen LogP contribution is 2.30. The highest BCUT2D eigenvalue weighted by atomic mass is 16.5. The summed E-state index contributed by atoms with van der Waals surface area (Å²) in [4.78, 5) is 12.0. The number of benzene rings is 1. The van der Waals surface area contributed by atoms with Crippen molar-refractivity contribution in [3.63, 3.8) is 0 Å². The average Bonchev–Trinajstić information content (AvgIpc) is 2.64. The molecule has 0 saturated carbocycles. The monoisotopic (exact) mass is 349 g/mol. The first-order valence-electron chi connectivity index (χ1n) is 9.69. The molecule has 4 heteroatoms. The summed E-state index contributed by atoms with van der Waals surface area (Å²) >= 11 is 0. The van der Waals surface area contributed by atoms with E-state index < -0.39 is 0 Å². The van der Waals surface area contributed by atoms with Crippen LogP contribution in [0.5, 0.6) is 11.5 Å². The van der Waals surface area contributed by atoms with Crippen LogP contribution in [-0.4, -0.2) is 20.1 Å². The zero-order chi connectivity index (χ0) is 18.3. The summed E-state index contributed by atoms with van der Waals surface area (Å²) in [6, 6.07) is 5.70. The van der Waals surface area contributed by atoms with Crippen molar-refractivity contribution in [1.29, 1.82) is 0 Å². The molecule has 0 unspecified atom stereocenters. The molecule has 0 heterocycles. The van der Waals surface area contributed by atoms with Gasteiger partial charge in [-0.15, -0.1) is 0 Å². The van der Waals surface area contributed by atoms with Gasteiger partial charge in [-0.25, -0.2) is 0 Å². The van der Waals surface area contributed by atoms with Crippen LogP contribution in [0.3, 0.4) is 0 Å². The van der Waals surface area contributed by atoms with Crippen LogP contribution >= 0.6 is 0 Å². The van der Waals surface area contributed by atoms with Crippen molar-refractivity contribution in [3.05, 3.63) is 23.8 Å². The third-order valence-corrected chi connectivity index (χ3v) is 4.47. The first kappa shape index (κ1) is 21.3. The predicted molar refractivity (Wildman–Crippen MR) is 103 cm³/mol. The fourth-order valence-corrected chi connectivity index (χ4v) is 2.97. The van der Waals surface area contributed by atoms with Gasteiger partial charge >= 0.3 is 0 Å². The summed E-state index contributed by atoms with van der Waals surface area (Å²) in [7, 11) is 3.23. The van der Waals surface area contributed by atoms with E-state index in [0.717, 1.165) is 18.4 Å². The molecular weight excluding hydrogens is 314 g/mol. The van der Waals surface area contributed by atoms with E-state index in [-0.39, 0.29) is 5.91 Å². The average molecular weight is 350 g/mol. The molecular formula is C21H35NO3. The van der Waals surface area contributed by atoms with Crippen LogP contribution in [0.2, 0.25) is 0 Å². The first-order chi connectivity index (χ1) is 12.2. The number of unbranched alkanes of at least 4 members (excludes halogenated alkanes) is 8. The Morgan fingerprint density at radius 1 is 0.920 bits per heavy atom. The molecule has 0 bridgehead atoms. The molecule has 1 rings (SSSR count). The molecule has 4 nitrogen and oxygen atoms in total. The lowest BCUT2D eigenvalue weighted by Crippen LogP contribution is -2.22. The van der Waals surface area contributed by atoms with Gasteiger partial charge in [0.05, 0.1) is 14.2 Å². The number of carbonyl (C=O) groups excluding carboxylic acids is 1. The lowest BCUT2D eigenvalue weighted by Gasteiger charge is -2.13. The number of hydrogen-bond acceptors (Lipinski definition) is 3. The molecule has 0 atom stereocenters. The quantitative estimate of drug-likeness (QED) is 0.467. The van der Waals surface area contributed by atoms with Crippen molar-refractivity contribution in [2.24, 2.45) is 0 Å². The molecule has 0 fully saturated rings. The Labute approximate surface area is 153 Å². The molecule has 25 heavy (non-hydrogen) atoms. The molecule has 0 saturated heterocycles. The fraction of sp³-hybridized carbons (Fsp3) is 0.667. The minimum atomic E-state index is 0.104. The van der Waals surface area contributed by atoms with Crippen LogP contribution < -0.4 is 14.8 Å². The number of methoxy groups -OCH3 is 2. The topological polar surface area (TPSA) is 47.6 Å². The molecule has 1 N–H and O–H groups in total. The Kier molecular flexibility index (Phi) is 11.6. The minimum Gasteiger partial charge on any atom is -0.493 e. The van der Waals surface area contributed by atoms with Gasteiger partial charge in [-0.1, -0.05) is 70.4 Å². The third kappa shape index (κ3) is 8.80. The smallest absolute Gasteiger partial charge is 0.220 e. The van der Waals surface area contributed by atoms with E-state index in [1.807, 2.05) is 18.2 Å². The second-order valence-corrected chi connectivity index (χ2v) is 6.51. The van der Waals surface area contributed by atoms with Crippen molar-refractivity contribution in [2.75, 3.05) is 14.2 Å². The number of ether oxygens (including phenoxy) is 2. The van der Waals surface area contributed by atoms with Gasteiger partial charge in [0, 0.05) is 18.5 Å². The first-order valence-corrected chi connectivity index (χ1v) is 9.69. The zero-order valence-electron chi connectivity index (χ0n) is 16.2. The number of hydrogen-bond donors (Lipinski definition) is 1. The summed E-state index contributed by atoms with van der Waals surface area (Å²) in [6.07, 6.45) is 12.0. The van der Waals surface area contributed by atoms with Crippen LogP contribution in [0.25, 0.3) is 0 Å². The van der Waals surface area contributed by atoms with Gasteiger partial charge in [-0.3, -0.25) is 4.79 Å². The molecule has 1 aromatic rings. The zero-order valence-corrected chi connectivity index (χ0v) is 16.2. The van der Waals surface area contributed by atoms with Crippen molar-refractivity contribution in [3.8, 4) is 11.5 Å². The van der Waals surface area contributed by atoms with Gasteiger partial charge in [-0.2, -0.15) is 0 Å². The van der Waals surface area contributed by atoms with Crippen molar-refractivity contribution < 1.29 is 14.3 Å². The molecule has 1 amide bonds. The Morgan fingerprint density at radius 3 is 2.16 bits per heavy atom. The summed E-state index contributed by atoms with van der Waals surface area (Å²) in [5.74, 6) is 1.48. The van der Waals surface area contributed by atoms with Gasteiger partial charge in [0.15, 0.2) is 11.5 Å². The highest BCUT2D eigenvalue weighted by Gasteiger charge is 2.10. The Morgan fingerprint density at radius 2 is 1.56 bits per heavy atom. The number of carbonyl (C=O) groups is 1. The van der Waals surface area contributed by atoms with E-state index in [4.69, 9.17) is 9.47 Å². The van der Waals surface area contributed by atoms with E-state index >= 15 is 0 Å². The van der Waals surface area contributed by atoms with Crippen LogP contribution in [0, 0.1) is 0 Å². The lowest BCUT2D eigenvalue weighted by atomic mass is 10.1. The molecule has 0 aliphatic rings. The van der Waals surface area contributed by atoms with Gasteiger partial charge in [0.2, 0.25) is 5.91 Å². The van der Waals surface area contributed by atoms with E-state index in [1.54, 1.807) is 14.2 Å².